The van der Waals surface area contributed by atoms with Crippen LogP contribution in [0.15, 0.2) is 42.5 Å². The van der Waals surface area contributed by atoms with Gasteiger partial charge in [0.25, 0.3) is 0 Å². The molecule has 1 amide bonds. The van der Waals surface area contributed by atoms with Gasteiger partial charge in [-0.2, -0.15) is 0 Å². The summed E-state index contributed by atoms with van der Waals surface area (Å²) in [5, 5.41) is 2.88. The van der Waals surface area contributed by atoms with Crippen LogP contribution in [0.3, 0.4) is 0 Å². The Bertz CT molecular complexity index is 717. The second-order valence-corrected chi connectivity index (χ2v) is 5.46. The van der Waals surface area contributed by atoms with Crippen molar-refractivity contribution in [1.29, 1.82) is 0 Å². The smallest absolute Gasteiger partial charge is 0.225 e. The number of carbonyl (C=O) groups excluding carboxylic acids is 1. The second-order valence-electron chi connectivity index (χ2n) is 5.46. The van der Waals surface area contributed by atoms with Gasteiger partial charge in [0.05, 0.1) is 12.5 Å². The van der Waals surface area contributed by atoms with Gasteiger partial charge in [0.1, 0.15) is 19.0 Å². The van der Waals surface area contributed by atoms with Crippen LogP contribution >= 0.6 is 0 Å². The average Bonchev–Trinajstić information content (AvgIpc) is 2.56. The fourth-order valence-corrected chi connectivity index (χ4v) is 2.52. The molecule has 0 aromatic heterocycles. The van der Waals surface area contributed by atoms with E-state index in [1.807, 2.05) is 25.1 Å². The molecule has 3 rings (SSSR count). The highest BCUT2D eigenvalue weighted by atomic mass is 19.1. The van der Waals surface area contributed by atoms with E-state index in [4.69, 9.17) is 9.47 Å². The highest BCUT2D eigenvalue weighted by Gasteiger charge is 2.16. The summed E-state index contributed by atoms with van der Waals surface area (Å²) in [6.45, 7) is 2.94. The molecule has 1 N–H and O–H groups in total. The second kappa shape index (κ2) is 6.69. The van der Waals surface area contributed by atoms with E-state index in [9.17, 15) is 9.18 Å². The number of carbonyl (C=O) groups is 1. The molecule has 1 unspecified atom stereocenters. The summed E-state index contributed by atoms with van der Waals surface area (Å²) < 4.78 is 24.6. The van der Waals surface area contributed by atoms with Crippen molar-refractivity contribution in [1.82, 2.24) is 5.32 Å². The maximum absolute atomic E-state index is 13.6. The van der Waals surface area contributed by atoms with Gasteiger partial charge in [-0.15, -0.1) is 0 Å². The summed E-state index contributed by atoms with van der Waals surface area (Å²) >= 11 is 0. The van der Waals surface area contributed by atoms with Crippen LogP contribution in [0.25, 0.3) is 0 Å². The molecule has 0 radical (unpaired) electrons. The van der Waals surface area contributed by atoms with Gasteiger partial charge in [0, 0.05) is 0 Å². The van der Waals surface area contributed by atoms with E-state index in [-0.39, 0.29) is 24.2 Å². The monoisotopic (exact) mass is 315 g/mol. The lowest BCUT2D eigenvalue weighted by Crippen LogP contribution is -2.28. The van der Waals surface area contributed by atoms with Gasteiger partial charge in [-0.05, 0) is 36.2 Å². The van der Waals surface area contributed by atoms with E-state index in [1.54, 1.807) is 18.2 Å². The Labute approximate surface area is 134 Å². The molecule has 4 nitrogen and oxygen atoms in total. The quantitative estimate of drug-likeness (QED) is 0.943. The normalized spacial score (nSPS) is 14.2. The van der Waals surface area contributed by atoms with Crippen molar-refractivity contribution in [3.63, 3.8) is 0 Å². The molecule has 23 heavy (non-hydrogen) atoms. The van der Waals surface area contributed by atoms with Gasteiger partial charge in [-0.3, -0.25) is 4.79 Å². The number of nitrogens with one attached hydrogen (secondary N) is 1. The van der Waals surface area contributed by atoms with Crippen LogP contribution in [0, 0.1) is 5.82 Å². The number of halogens is 1. The van der Waals surface area contributed by atoms with Crippen LogP contribution in [0.4, 0.5) is 4.39 Å². The number of benzene rings is 2. The first-order chi connectivity index (χ1) is 11.1. The summed E-state index contributed by atoms with van der Waals surface area (Å²) in [5.41, 5.74) is 1.30. The van der Waals surface area contributed by atoms with Gasteiger partial charge in [-0.1, -0.05) is 24.3 Å². The lowest BCUT2D eigenvalue weighted by atomic mass is 10.1. The van der Waals surface area contributed by atoms with Crippen LogP contribution in [-0.4, -0.2) is 19.1 Å². The third-order valence-electron chi connectivity index (χ3n) is 3.75. The molecule has 0 saturated carbocycles. The highest BCUT2D eigenvalue weighted by molar-refractivity contribution is 5.79. The Morgan fingerprint density at radius 1 is 1.17 bits per heavy atom. The Kier molecular flexibility index (Phi) is 4.46. The zero-order valence-electron chi connectivity index (χ0n) is 12.8. The zero-order valence-corrected chi connectivity index (χ0v) is 12.8. The lowest BCUT2D eigenvalue weighted by molar-refractivity contribution is -0.121. The molecule has 0 spiro atoms. The third kappa shape index (κ3) is 3.62. The molecule has 1 atom stereocenters. The van der Waals surface area contributed by atoms with Gasteiger partial charge < -0.3 is 14.8 Å². The molecule has 2 aromatic rings. The molecule has 120 valence electrons. The van der Waals surface area contributed by atoms with Gasteiger partial charge >= 0.3 is 0 Å². The van der Waals surface area contributed by atoms with Crippen molar-refractivity contribution in [3.8, 4) is 11.5 Å². The van der Waals surface area contributed by atoms with Crippen LogP contribution in [0.2, 0.25) is 0 Å². The number of hydrogen-bond donors (Lipinski definition) is 1. The number of amides is 1. The average molecular weight is 315 g/mol. The van der Waals surface area contributed by atoms with E-state index in [0.29, 0.717) is 30.3 Å². The maximum Gasteiger partial charge on any atom is 0.225 e. The van der Waals surface area contributed by atoms with Gasteiger partial charge in [0.2, 0.25) is 5.91 Å². The minimum atomic E-state index is -0.366. The van der Waals surface area contributed by atoms with Crippen molar-refractivity contribution in [2.75, 3.05) is 13.2 Å². The predicted molar refractivity (Wildman–Crippen MR) is 84.1 cm³/mol. The first-order valence-corrected chi connectivity index (χ1v) is 7.56. The van der Waals surface area contributed by atoms with Crippen LogP contribution in [0.5, 0.6) is 11.5 Å². The van der Waals surface area contributed by atoms with Crippen molar-refractivity contribution < 1.29 is 18.7 Å². The van der Waals surface area contributed by atoms with Crippen molar-refractivity contribution in [3.05, 3.63) is 59.4 Å². The third-order valence-corrected chi connectivity index (χ3v) is 3.75. The zero-order chi connectivity index (χ0) is 16.2. The van der Waals surface area contributed by atoms with Crippen LogP contribution in [-0.2, 0) is 11.2 Å². The molecule has 1 heterocycles. The lowest BCUT2D eigenvalue weighted by Gasteiger charge is -2.21. The summed E-state index contributed by atoms with van der Waals surface area (Å²) in [7, 11) is 0. The molecular formula is C18H18FNO3. The van der Waals surface area contributed by atoms with Crippen molar-refractivity contribution in [2.45, 2.75) is 19.4 Å². The summed E-state index contributed by atoms with van der Waals surface area (Å²) in [4.78, 5) is 12.1. The Morgan fingerprint density at radius 3 is 2.70 bits per heavy atom. The summed E-state index contributed by atoms with van der Waals surface area (Å²) in [6, 6.07) is 11.7. The number of rotatable bonds is 4. The Balaban J connectivity index is 1.65. The molecule has 2 aromatic carbocycles. The highest BCUT2D eigenvalue weighted by Crippen LogP contribution is 2.32. The molecule has 1 aliphatic rings. The van der Waals surface area contributed by atoms with Crippen LogP contribution < -0.4 is 14.8 Å². The van der Waals surface area contributed by atoms with E-state index in [1.165, 1.54) is 6.07 Å². The molecular weight excluding hydrogens is 297 g/mol. The number of fused-ring (bicyclic) bond motifs is 1. The molecule has 0 fully saturated rings. The first kappa shape index (κ1) is 15.3. The summed E-state index contributed by atoms with van der Waals surface area (Å²) in [5.74, 6) is 0.806. The topological polar surface area (TPSA) is 47.6 Å². The standard InChI is InChI=1S/C18H18FNO3/c1-12(13-6-7-16-17(10-13)23-9-8-22-16)20-18(21)11-14-4-2-3-5-15(14)19/h2-7,10,12H,8-9,11H2,1H3,(H,20,21). The first-order valence-electron chi connectivity index (χ1n) is 7.56. The Morgan fingerprint density at radius 2 is 1.91 bits per heavy atom. The fourth-order valence-electron chi connectivity index (χ4n) is 2.52. The van der Waals surface area contributed by atoms with E-state index in [2.05, 4.69) is 5.32 Å². The van der Waals surface area contributed by atoms with E-state index in [0.717, 1.165) is 5.56 Å². The molecule has 0 bridgehead atoms. The fraction of sp³-hybridized carbons (Fsp3) is 0.278. The largest absolute Gasteiger partial charge is 0.486 e. The number of hydrogen-bond acceptors (Lipinski definition) is 3. The molecule has 1 aliphatic heterocycles. The SMILES string of the molecule is CC(NC(=O)Cc1ccccc1F)c1ccc2c(c1)OCCO2. The van der Waals surface area contributed by atoms with Gasteiger partial charge in [-0.25, -0.2) is 4.39 Å². The molecule has 0 saturated heterocycles. The molecule has 5 heteroatoms. The number of ether oxygens (including phenoxy) is 2. The summed E-state index contributed by atoms with van der Waals surface area (Å²) in [6.07, 6.45) is 0.0154. The minimum absolute atomic E-state index is 0.0154. The maximum atomic E-state index is 13.6. The van der Waals surface area contributed by atoms with E-state index < -0.39 is 0 Å². The van der Waals surface area contributed by atoms with E-state index >= 15 is 0 Å². The molecule has 0 aliphatic carbocycles. The van der Waals surface area contributed by atoms with Crippen LogP contribution in [0.1, 0.15) is 24.1 Å². The Hall–Kier alpha value is -2.56. The van der Waals surface area contributed by atoms with Gasteiger partial charge in [0.15, 0.2) is 11.5 Å². The predicted octanol–water partition coefficient (Wildman–Crippen LogP) is 3.02. The van der Waals surface area contributed by atoms with Crippen molar-refractivity contribution >= 4 is 5.91 Å². The van der Waals surface area contributed by atoms with Crippen molar-refractivity contribution in [2.24, 2.45) is 0 Å². The minimum Gasteiger partial charge on any atom is -0.486 e.